The summed E-state index contributed by atoms with van der Waals surface area (Å²) in [5.41, 5.74) is 0.392. The molecular formula is C19H27N3O5. The third kappa shape index (κ3) is 5.67. The number of rotatable bonds is 7. The number of carboxylic acid groups (broad SMARTS) is 1. The Hall–Kier alpha value is -2.64. The van der Waals surface area contributed by atoms with Crippen LogP contribution in [0.4, 0.5) is 11.4 Å². The zero-order valence-electron chi connectivity index (χ0n) is 16.0. The summed E-state index contributed by atoms with van der Waals surface area (Å²) < 4.78 is 0. The van der Waals surface area contributed by atoms with Gasteiger partial charge in [-0.15, -0.1) is 0 Å². The Morgan fingerprint density at radius 1 is 1.30 bits per heavy atom. The predicted molar refractivity (Wildman–Crippen MR) is 102 cm³/mol. The fourth-order valence-electron chi connectivity index (χ4n) is 3.11. The van der Waals surface area contributed by atoms with Crippen molar-refractivity contribution in [1.29, 1.82) is 0 Å². The van der Waals surface area contributed by atoms with Crippen LogP contribution in [0, 0.1) is 15.5 Å². The minimum atomic E-state index is -1.12. The summed E-state index contributed by atoms with van der Waals surface area (Å²) in [6, 6.07) is 3.28. The molecule has 1 unspecified atom stereocenters. The number of hydrogen-bond donors (Lipinski definition) is 2. The molecule has 1 aromatic carbocycles. The van der Waals surface area contributed by atoms with E-state index in [4.69, 9.17) is 0 Å². The Labute approximate surface area is 158 Å². The third-order valence-electron chi connectivity index (χ3n) is 4.67. The summed E-state index contributed by atoms with van der Waals surface area (Å²) in [5, 5.41) is 23.3. The van der Waals surface area contributed by atoms with Crippen LogP contribution in [-0.4, -0.2) is 41.0 Å². The second kappa shape index (κ2) is 8.37. The normalized spacial score (nSPS) is 15.4. The van der Waals surface area contributed by atoms with Crippen molar-refractivity contribution in [2.75, 3.05) is 18.0 Å². The minimum absolute atomic E-state index is 0.0609. The van der Waals surface area contributed by atoms with Crippen LogP contribution < -0.4 is 10.2 Å². The van der Waals surface area contributed by atoms with Gasteiger partial charge in [0.2, 0.25) is 0 Å². The summed E-state index contributed by atoms with van der Waals surface area (Å²) in [4.78, 5) is 36.8. The van der Waals surface area contributed by atoms with E-state index in [2.05, 4.69) is 5.32 Å². The molecule has 1 aromatic rings. The zero-order valence-corrected chi connectivity index (χ0v) is 16.0. The van der Waals surface area contributed by atoms with Crippen molar-refractivity contribution in [2.24, 2.45) is 5.41 Å². The van der Waals surface area contributed by atoms with E-state index < -0.39 is 22.8 Å². The van der Waals surface area contributed by atoms with Crippen LogP contribution >= 0.6 is 0 Å². The number of nitrogens with zero attached hydrogens (tertiary/aromatic N) is 2. The maximum atomic E-state index is 12.5. The van der Waals surface area contributed by atoms with Crippen LogP contribution in [0.5, 0.6) is 0 Å². The molecule has 1 aliphatic heterocycles. The smallest absolute Gasteiger partial charge is 0.326 e. The highest BCUT2D eigenvalue weighted by atomic mass is 16.6. The van der Waals surface area contributed by atoms with Crippen LogP contribution in [0.25, 0.3) is 0 Å². The number of nitrogens with one attached hydrogen (secondary N) is 1. The van der Waals surface area contributed by atoms with Crippen LogP contribution in [0.1, 0.15) is 56.8 Å². The molecule has 0 bridgehead atoms. The molecule has 1 aliphatic rings. The lowest BCUT2D eigenvalue weighted by Crippen LogP contribution is -2.41. The number of carbonyl (C=O) groups is 2. The number of benzene rings is 1. The Bertz CT molecular complexity index is 721. The van der Waals surface area contributed by atoms with Crippen molar-refractivity contribution in [3.63, 3.8) is 0 Å². The van der Waals surface area contributed by atoms with Gasteiger partial charge in [0.15, 0.2) is 0 Å². The van der Waals surface area contributed by atoms with E-state index in [-0.39, 0.29) is 16.7 Å². The van der Waals surface area contributed by atoms with E-state index in [1.807, 2.05) is 25.7 Å². The van der Waals surface area contributed by atoms with Gasteiger partial charge in [-0.05, 0) is 43.2 Å². The second-order valence-corrected chi connectivity index (χ2v) is 8.12. The lowest BCUT2D eigenvalue weighted by atomic mass is 9.88. The van der Waals surface area contributed by atoms with Crippen LogP contribution in [-0.2, 0) is 4.79 Å². The van der Waals surface area contributed by atoms with Crippen LogP contribution in [0.15, 0.2) is 18.2 Å². The molecular weight excluding hydrogens is 350 g/mol. The standard InChI is InChI=1S/C19H27N3O5/c1-19(2,3)9-8-14(18(24)25)20-17(23)13-6-7-15(16(12-13)22(26)27)21-10-4-5-11-21/h6-7,12,14H,4-5,8-11H2,1-3H3,(H,20,23)(H,24,25). The SMILES string of the molecule is CC(C)(C)CCC(NC(=O)c1ccc(N2CCCC2)c([N+](=O)[O-])c1)C(=O)O. The molecule has 0 spiro atoms. The summed E-state index contributed by atoms with van der Waals surface area (Å²) >= 11 is 0. The number of nitro groups is 1. The molecule has 27 heavy (non-hydrogen) atoms. The first-order valence-electron chi connectivity index (χ1n) is 9.15. The number of carbonyl (C=O) groups excluding carboxylic acids is 1. The zero-order chi connectivity index (χ0) is 20.2. The molecule has 8 nitrogen and oxygen atoms in total. The van der Waals surface area contributed by atoms with Crippen molar-refractivity contribution < 1.29 is 19.6 Å². The average Bonchev–Trinajstić information content (AvgIpc) is 3.11. The number of amides is 1. The van der Waals surface area contributed by atoms with Gasteiger partial charge in [0.1, 0.15) is 11.7 Å². The third-order valence-corrected chi connectivity index (χ3v) is 4.67. The second-order valence-electron chi connectivity index (χ2n) is 8.12. The molecule has 2 N–H and O–H groups in total. The molecule has 2 rings (SSSR count). The maximum absolute atomic E-state index is 12.5. The van der Waals surface area contributed by atoms with E-state index >= 15 is 0 Å². The maximum Gasteiger partial charge on any atom is 0.326 e. The first-order valence-corrected chi connectivity index (χ1v) is 9.15. The van der Waals surface area contributed by atoms with E-state index in [0.29, 0.717) is 18.5 Å². The Balaban J connectivity index is 2.18. The van der Waals surface area contributed by atoms with Gasteiger partial charge in [0.25, 0.3) is 11.6 Å². The number of nitro benzene ring substituents is 1. The first-order chi connectivity index (χ1) is 12.6. The predicted octanol–water partition coefficient (Wildman–Crippen LogP) is 3.20. The van der Waals surface area contributed by atoms with Crippen molar-refractivity contribution in [1.82, 2.24) is 5.32 Å². The highest BCUT2D eigenvalue weighted by Crippen LogP contribution is 2.31. The van der Waals surface area contributed by atoms with Crippen molar-refractivity contribution in [3.8, 4) is 0 Å². The quantitative estimate of drug-likeness (QED) is 0.557. The number of hydrogen-bond acceptors (Lipinski definition) is 5. The first kappa shape index (κ1) is 20.7. The van der Waals surface area contributed by atoms with Gasteiger partial charge in [-0.2, -0.15) is 0 Å². The fourth-order valence-corrected chi connectivity index (χ4v) is 3.11. The average molecular weight is 377 g/mol. The van der Waals surface area contributed by atoms with Gasteiger partial charge in [0, 0.05) is 24.7 Å². The molecule has 148 valence electrons. The van der Waals surface area contributed by atoms with Gasteiger partial charge < -0.3 is 15.3 Å². The molecule has 0 radical (unpaired) electrons. The highest BCUT2D eigenvalue weighted by Gasteiger charge is 2.26. The molecule has 8 heteroatoms. The summed E-state index contributed by atoms with van der Waals surface area (Å²) in [6.07, 6.45) is 2.87. The molecule has 1 amide bonds. The molecule has 1 saturated heterocycles. The molecule has 0 saturated carbocycles. The van der Waals surface area contributed by atoms with E-state index in [9.17, 15) is 24.8 Å². The molecule has 1 atom stereocenters. The number of anilines is 1. The van der Waals surface area contributed by atoms with Crippen LogP contribution in [0.2, 0.25) is 0 Å². The Kier molecular flexibility index (Phi) is 6.41. The lowest BCUT2D eigenvalue weighted by Gasteiger charge is -2.22. The van der Waals surface area contributed by atoms with Gasteiger partial charge in [-0.1, -0.05) is 20.8 Å². The lowest BCUT2D eigenvalue weighted by molar-refractivity contribution is -0.384. The molecule has 0 aromatic heterocycles. The summed E-state index contributed by atoms with van der Waals surface area (Å²) in [6.45, 7) is 7.48. The van der Waals surface area contributed by atoms with Gasteiger partial charge >= 0.3 is 5.97 Å². The van der Waals surface area contributed by atoms with Gasteiger partial charge in [0.05, 0.1) is 4.92 Å². The van der Waals surface area contributed by atoms with E-state index in [1.165, 1.54) is 12.1 Å². The van der Waals surface area contributed by atoms with Crippen molar-refractivity contribution in [3.05, 3.63) is 33.9 Å². The van der Waals surface area contributed by atoms with E-state index in [1.54, 1.807) is 6.07 Å². The summed E-state index contributed by atoms with van der Waals surface area (Å²) in [5.74, 6) is -1.73. The van der Waals surface area contributed by atoms with Crippen molar-refractivity contribution >= 4 is 23.3 Å². The highest BCUT2D eigenvalue weighted by molar-refractivity contribution is 5.97. The van der Waals surface area contributed by atoms with E-state index in [0.717, 1.165) is 25.9 Å². The fraction of sp³-hybridized carbons (Fsp3) is 0.579. The Morgan fingerprint density at radius 2 is 1.93 bits per heavy atom. The molecule has 1 heterocycles. The monoisotopic (exact) mass is 377 g/mol. The summed E-state index contributed by atoms with van der Waals surface area (Å²) in [7, 11) is 0. The van der Waals surface area contributed by atoms with Gasteiger partial charge in [-0.3, -0.25) is 14.9 Å². The number of carboxylic acids is 1. The van der Waals surface area contributed by atoms with Gasteiger partial charge in [-0.25, -0.2) is 4.79 Å². The molecule has 1 fully saturated rings. The minimum Gasteiger partial charge on any atom is -0.480 e. The number of aliphatic carboxylic acids is 1. The van der Waals surface area contributed by atoms with Crippen LogP contribution in [0.3, 0.4) is 0 Å². The largest absolute Gasteiger partial charge is 0.480 e. The van der Waals surface area contributed by atoms with Crippen molar-refractivity contribution in [2.45, 2.75) is 52.5 Å². The Morgan fingerprint density at radius 3 is 2.44 bits per heavy atom. The topological polar surface area (TPSA) is 113 Å². The molecule has 0 aliphatic carbocycles.